The summed E-state index contributed by atoms with van der Waals surface area (Å²) in [5.41, 5.74) is 1.83. The molecule has 0 aliphatic heterocycles. The van der Waals surface area contributed by atoms with E-state index in [2.05, 4.69) is 30.6 Å². The molecule has 2 N–H and O–H groups in total. The van der Waals surface area contributed by atoms with Gasteiger partial charge in [-0.1, -0.05) is 11.6 Å². The van der Waals surface area contributed by atoms with Gasteiger partial charge in [0.1, 0.15) is 11.5 Å². The molecule has 0 radical (unpaired) electrons. The molecule has 0 fully saturated rings. The number of hydrogen-bond donors (Lipinski definition) is 2. The van der Waals surface area contributed by atoms with Crippen molar-refractivity contribution in [3.05, 3.63) is 47.1 Å². The Morgan fingerprint density at radius 3 is 2.57 bits per heavy atom. The predicted octanol–water partition coefficient (Wildman–Crippen LogP) is 3.62. The molecule has 0 aliphatic rings. The van der Waals surface area contributed by atoms with Gasteiger partial charge in [-0.15, -0.1) is 0 Å². The first kappa shape index (κ1) is 24.4. The summed E-state index contributed by atoms with van der Waals surface area (Å²) in [5.74, 6) is 0.353. The fourth-order valence-corrected chi connectivity index (χ4v) is 4.69. The SMILES string of the molecule is COc1c(Nc2cc(C)[nH]n2)nc(N(C)c2cc(Cl)c(S(C)(=O)=O)cc2F)nc1-c1cnn(C)c1. The normalized spacial score (nSPS) is 11.5. The maximum Gasteiger partial charge on any atom is 0.232 e. The van der Waals surface area contributed by atoms with E-state index >= 15 is 4.39 Å². The fraction of sp³-hybridized carbons (Fsp3) is 0.238. The minimum Gasteiger partial charge on any atom is -0.491 e. The van der Waals surface area contributed by atoms with E-state index < -0.39 is 15.7 Å². The van der Waals surface area contributed by atoms with Crippen molar-refractivity contribution in [3.63, 3.8) is 0 Å². The molecule has 0 bridgehead atoms. The van der Waals surface area contributed by atoms with E-state index in [4.69, 9.17) is 16.3 Å². The first-order valence-electron chi connectivity index (χ1n) is 10.1. The van der Waals surface area contributed by atoms with Crippen LogP contribution in [0.5, 0.6) is 5.75 Å². The molecule has 0 saturated heterocycles. The van der Waals surface area contributed by atoms with Crippen molar-refractivity contribution in [1.29, 1.82) is 0 Å². The Morgan fingerprint density at radius 2 is 2.00 bits per heavy atom. The van der Waals surface area contributed by atoms with Crippen LogP contribution in [0.1, 0.15) is 5.69 Å². The summed E-state index contributed by atoms with van der Waals surface area (Å²) in [5, 5.41) is 14.2. The van der Waals surface area contributed by atoms with Crippen LogP contribution in [-0.2, 0) is 16.9 Å². The number of rotatable bonds is 7. The van der Waals surface area contributed by atoms with Gasteiger partial charge in [-0.2, -0.15) is 15.2 Å². The van der Waals surface area contributed by atoms with Gasteiger partial charge in [0.05, 0.1) is 28.9 Å². The van der Waals surface area contributed by atoms with Crippen LogP contribution >= 0.6 is 11.6 Å². The van der Waals surface area contributed by atoms with Crippen LogP contribution in [0.4, 0.5) is 27.7 Å². The van der Waals surface area contributed by atoms with Crippen LogP contribution in [0, 0.1) is 12.7 Å². The maximum absolute atomic E-state index is 15.0. The molecular formula is C21H22ClFN8O3S. The number of ether oxygens (including phenoxy) is 1. The molecule has 3 heterocycles. The lowest BCUT2D eigenvalue weighted by Crippen LogP contribution is -2.17. The summed E-state index contributed by atoms with van der Waals surface area (Å²) in [4.78, 5) is 10.2. The van der Waals surface area contributed by atoms with Gasteiger partial charge in [-0.25, -0.2) is 17.8 Å². The number of aryl methyl sites for hydroxylation is 2. The number of H-pyrrole nitrogens is 1. The molecule has 4 rings (SSSR count). The van der Waals surface area contributed by atoms with E-state index in [0.717, 1.165) is 18.0 Å². The summed E-state index contributed by atoms with van der Waals surface area (Å²) in [6.45, 7) is 1.85. The Balaban J connectivity index is 1.88. The van der Waals surface area contributed by atoms with Crippen molar-refractivity contribution >= 4 is 44.7 Å². The lowest BCUT2D eigenvalue weighted by molar-refractivity contribution is 0.415. The van der Waals surface area contributed by atoms with E-state index in [9.17, 15) is 8.42 Å². The highest BCUT2D eigenvalue weighted by atomic mass is 35.5. The van der Waals surface area contributed by atoms with Gasteiger partial charge in [0.25, 0.3) is 0 Å². The standard InChI is InChI=1S/C21H22ClFN8O3S/c1-11-6-17(29-28-11)25-20-19(34-4)18(12-9-24-30(2)10-12)26-21(27-20)31(3)15-7-13(22)16(8-14(15)23)35(5,32)33/h6-10H,1-5H3,(H2,25,26,27,28,29). The number of nitrogens with zero attached hydrogens (tertiary/aromatic N) is 6. The number of nitrogens with one attached hydrogen (secondary N) is 2. The van der Waals surface area contributed by atoms with Crippen molar-refractivity contribution in [3.8, 4) is 17.0 Å². The van der Waals surface area contributed by atoms with Crippen LogP contribution < -0.4 is 15.0 Å². The molecule has 11 nitrogen and oxygen atoms in total. The Kier molecular flexibility index (Phi) is 6.38. The van der Waals surface area contributed by atoms with Crippen LogP contribution in [0.15, 0.2) is 35.5 Å². The number of hydrogen-bond acceptors (Lipinski definition) is 9. The minimum absolute atomic E-state index is 0.0220. The number of anilines is 4. The van der Waals surface area contributed by atoms with Crippen molar-refractivity contribution in [2.45, 2.75) is 11.8 Å². The zero-order chi connectivity index (χ0) is 25.5. The van der Waals surface area contributed by atoms with Crippen molar-refractivity contribution < 1.29 is 17.5 Å². The summed E-state index contributed by atoms with van der Waals surface area (Å²) >= 11 is 6.17. The fourth-order valence-electron chi connectivity index (χ4n) is 3.38. The smallest absolute Gasteiger partial charge is 0.232 e. The third-order valence-electron chi connectivity index (χ3n) is 5.05. The lowest BCUT2D eigenvalue weighted by Gasteiger charge is -2.21. The third-order valence-corrected chi connectivity index (χ3v) is 6.61. The predicted molar refractivity (Wildman–Crippen MR) is 130 cm³/mol. The van der Waals surface area contributed by atoms with Crippen LogP contribution in [0.25, 0.3) is 11.3 Å². The molecule has 0 aliphatic carbocycles. The average Bonchev–Trinajstić information content (AvgIpc) is 3.41. The molecule has 4 aromatic rings. The zero-order valence-electron chi connectivity index (χ0n) is 19.5. The van der Waals surface area contributed by atoms with Crippen LogP contribution in [-0.4, -0.2) is 58.8 Å². The van der Waals surface area contributed by atoms with Crippen molar-refractivity contribution in [2.24, 2.45) is 7.05 Å². The highest BCUT2D eigenvalue weighted by Crippen LogP contribution is 2.39. The molecule has 0 saturated carbocycles. The Labute approximate surface area is 205 Å². The highest BCUT2D eigenvalue weighted by Gasteiger charge is 2.24. The van der Waals surface area contributed by atoms with Gasteiger partial charge < -0.3 is 15.0 Å². The maximum atomic E-state index is 15.0. The second-order valence-corrected chi connectivity index (χ2v) is 10.2. The average molecular weight is 521 g/mol. The zero-order valence-corrected chi connectivity index (χ0v) is 21.0. The highest BCUT2D eigenvalue weighted by molar-refractivity contribution is 7.90. The summed E-state index contributed by atoms with van der Waals surface area (Å²) in [6.07, 6.45) is 4.31. The number of sulfone groups is 1. The Hall–Kier alpha value is -3.71. The first-order chi connectivity index (χ1) is 16.5. The molecule has 3 aromatic heterocycles. The second-order valence-electron chi connectivity index (χ2n) is 7.78. The van der Waals surface area contributed by atoms with Gasteiger partial charge in [0.2, 0.25) is 5.95 Å². The third kappa shape index (κ3) is 4.91. The van der Waals surface area contributed by atoms with Gasteiger partial charge in [0, 0.05) is 43.9 Å². The van der Waals surface area contributed by atoms with Crippen molar-refractivity contribution in [1.82, 2.24) is 29.9 Å². The molecule has 184 valence electrons. The topological polar surface area (TPSA) is 131 Å². The molecular weight excluding hydrogens is 499 g/mol. The summed E-state index contributed by atoms with van der Waals surface area (Å²) < 4.78 is 46.1. The lowest BCUT2D eigenvalue weighted by atomic mass is 10.2. The Morgan fingerprint density at radius 1 is 1.26 bits per heavy atom. The summed E-state index contributed by atoms with van der Waals surface area (Å²) in [7, 11) is 1.05. The summed E-state index contributed by atoms with van der Waals surface area (Å²) in [6, 6.07) is 3.87. The largest absolute Gasteiger partial charge is 0.491 e. The van der Waals surface area contributed by atoms with Gasteiger partial charge >= 0.3 is 0 Å². The van der Waals surface area contributed by atoms with Crippen molar-refractivity contribution in [2.75, 3.05) is 30.6 Å². The monoisotopic (exact) mass is 520 g/mol. The van der Waals surface area contributed by atoms with E-state index in [1.165, 1.54) is 25.1 Å². The van der Waals surface area contributed by atoms with Crippen LogP contribution in [0.3, 0.4) is 0 Å². The molecule has 0 spiro atoms. The second kappa shape index (κ2) is 9.15. The number of halogens is 2. The van der Waals surface area contributed by atoms with Gasteiger partial charge in [0.15, 0.2) is 27.2 Å². The number of methoxy groups -OCH3 is 1. The molecule has 0 unspecified atom stereocenters. The molecule has 35 heavy (non-hydrogen) atoms. The van der Waals surface area contributed by atoms with E-state index in [1.807, 2.05) is 6.92 Å². The Bertz CT molecular complexity index is 1520. The minimum atomic E-state index is -3.72. The van der Waals surface area contributed by atoms with E-state index in [1.54, 1.807) is 30.2 Å². The van der Waals surface area contributed by atoms with E-state index in [-0.39, 0.29) is 27.4 Å². The molecule has 14 heteroatoms. The number of aromatic amines is 1. The van der Waals surface area contributed by atoms with Gasteiger partial charge in [-0.05, 0) is 19.1 Å². The molecule has 0 atom stereocenters. The molecule has 0 amide bonds. The number of aromatic nitrogens is 6. The van der Waals surface area contributed by atoms with E-state index in [0.29, 0.717) is 22.8 Å². The quantitative estimate of drug-likeness (QED) is 0.375. The van der Waals surface area contributed by atoms with Gasteiger partial charge in [-0.3, -0.25) is 9.78 Å². The van der Waals surface area contributed by atoms with Crippen LogP contribution in [0.2, 0.25) is 5.02 Å². The number of benzene rings is 1. The molecule has 1 aromatic carbocycles. The first-order valence-corrected chi connectivity index (χ1v) is 12.4.